The minimum Gasteiger partial charge on any atom is -0.507 e. The molecule has 33 heavy (non-hydrogen) atoms. The summed E-state index contributed by atoms with van der Waals surface area (Å²) in [6.45, 7) is 1.91. The van der Waals surface area contributed by atoms with Gasteiger partial charge in [-0.2, -0.15) is 0 Å². The van der Waals surface area contributed by atoms with Crippen LogP contribution < -0.4 is 14.8 Å². The minimum absolute atomic E-state index is 0.0764. The number of thioether (sulfide) groups is 1. The summed E-state index contributed by atoms with van der Waals surface area (Å²) in [6.07, 6.45) is 4.68. The number of hydrogen-bond donors (Lipinski definition) is 3. The second-order valence-corrected chi connectivity index (χ2v) is 11.6. The molecule has 2 aliphatic carbocycles. The van der Waals surface area contributed by atoms with Crippen molar-refractivity contribution in [3.05, 3.63) is 46.5 Å². The molecular weight excluding hydrogens is 464 g/mol. The van der Waals surface area contributed by atoms with Gasteiger partial charge in [0.05, 0.1) is 5.25 Å². The van der Waals surface area contributed by atoms with Gasteiger partial charge in [0.25, 0.3) is 5.24 Å². The number of phenolic OH excluding ortho intramolecular Hbond substituents is 1. The van der Waals surface area contributed by atoms with Gasteiger partial charge in [-0.15, -0.1) is 0 Å². The van der Waals surface area contributed by atoms with Crippen molar-refractivity contribution in [3.63, 3.8) is 0 Å². The Morgan fingerprint density at radius 3 is 2.64 bits per heavy atom. The van der Waals surface area contributed by atoms with Crippen LogP contribution in [0.2, 0.25) is 0 Å². The van der Waals surface area contributed by atoms with Crippen LogP contribution in [0.4, 0.5) is 4.79 Å². The zero-order valence-electron chi connectivity index (χ0n) is 18.0. The summed E-state index contributed by atoms with van der Waals surface area (Å²) in [5.41, 5.74) is 4.09. The molecule has 5 rings (SSSR count). The molecule has 0 spiro atoms. The maximum Gasteiger partial charge on any atom is 0.286 e. The largest absolute Gasteiger partial charge is 0.507 e. The summed E-state index contributed by atoms with van der Waals surface area (Å²) < 4.78 is 34.0. The quantitative estimate of drug-likeness (QED) is 0.547. The van der Waals surface area contributed by atoms with Gasteiger partial charge in [-0.25, -0.2) is 13.1 Å². The van der Waals surface area contributed by atoms with Crippen molar-refractivity contribution in [3.8, 4) is 17.2 Å². The van der Waals surface area contributed by atoms with Crippen molar-refractivity contribution in [2.24, 2.45) is 0 Å². The highest BCUT2D eigenvalue weighted by Crippen LogP contribution is 2.41. The monoisotopic (exact) mass is 488 g/mol. The molecule has 1 saturated heterocycles. The number of carbonyl (C=O) groups is 2. The lowest BCUT2D eigenvalue weighted by atomic mass is 9.95. The average Bonchev–Trinajstić information content (AvgIpc) is 3.29. The van der Waals surface area contributed by atoms with Gasteiger partial charge >= 0.3 is 0 Å². The van der Waals surface area contributed by atoms with Crippen LogP contribution in [0.25, 0.3) is 0 Å². The lowest BCUT2D eigenvalue weighted by molar-refractivity contribution is -0.118. The van der Waals surface area contributed by atoms with Gasteiger partial charge in [0.15, 0.2) is 0 Å². The standard InChI is InChI=1S/C23H24N2O6S2/c1-12-9-13(10-19-22(27)24-23(28)32-19)16-3-2-4-17(16)21(12)31-15-7-8-18(26)20(11-15)33(29,30)25-14-5-6-14/h7-9,11,14,19,25-26H,2-6,10H2,1H3,(H,24,27,28). The van der Waals surface area contributed by atoms with Crippen molar-refractivity contribution in [2.45, 2.75) is 61.6 Å². The van der Waals surface area contributed by atoms with Crippen LogP contribution in [0.1, 0.15) is 41.5 Å². The van der Waals surface area contributed by atoms with Gasteiger partial charge in [-0.1, -0.05) is 17.8 Å². The second kappa shape index (κ2) is 8.34. The predicted octanol–water partition coefficient (Wildman–Crippen LogP) is 3.32. The number of fused-ring (bicyclic) bond motifs is 1. The molecule has 0 bridgehead atoms. The van der Waals surface area contributed by atoms with Crippen LogP contribution >= 0.6 is 11.8 Å². The van der Waals surface area contributed by atoms with Crippen LogP contribution in [-0.4, -0.2) is 36.0 Å². The Hall–Kier alpha value is -2.56. The lowest BCUT2D eigenvalue weighted by Crippen LogP contribution is -2.25. The summed E-state index contributed by atoms with van der Waals surface area (Å²) in [6, 6.07) is 6.13. The lowest BCUT2D eigenvalue weighted by Gasteiger charge is -2.18. The third-order valence-corrected chi connectivity index (χ3v) is 8.67. The molecule has 1 heterocycles. The maximum absolute atomic E-state index is 12.6. The zero-order valence-corrected chi connectivity index (χ0v) is 19.6. The molecule has 2 aromatic carbocycles. The molecule has 0 aromatic heterocycles. The second-order valence-electron chi connectivity index (χ2n) is 8.71. The average molecular weight is 489 g/mol. The summed E-state index contributed by atoms with van der Waals surface area (Å²) in [5, 5.41) is 11.7. The van der Waals surface area contributed by atoms with Crippen LogP contribution in [-0.2, 0) is 34.1 Å². The number of aryl methyl sites for hydroxylation is 1. The summed E-state index contributed by atoms with van der Waals surface area (Å²) in [4.78, 5) is 23.4. The van der Waals surface area contributed by atoms with Gasteiger partial charge in [-0.3, -0.25) is 14.9 Å². The number of hydrogen-bond acceptors (Lipinski definition) is 7. The number of nitrogens with one attached hydrogen (secondary N) is 2. The van der Waals surface area contributed by atoms with Crippen molar-refractivity contribution in [1.82, 2.24) is 10.0 Å². The molecule has 2 fully saturated rings. The number of benzene rings is 2. The normalized spacial score (nSPS) is 20.1. The SMILES string of the molecule is Cc1cc(CC2SC(=O)NC2=O)c2c(c1Oc1ccc(O)c(S(=O)(=O)NC3CC3)c1)CCC2. The molecule has 8 nitrogen and oxygen atoms in total. The number of ether oxygens (including phenoxy) is 1. The van der Waals surface area contributed by atoms with Gasteiger partial charge in [-0.05, 0) is 79.8 Å². The van der Waals surface area contributed by atoms with Crippen molar-refractivity contribution >= 4 is 32.9 Å². The highest BCUT2D eigenvalue weighted by molar-refractivity contribution is 8.15. The smallest absolute Gasteiger partial charge is 0.286 e. The molecule has 1 unspecified atom stereocenters. The Balaban J connectivity index is 1.45. The molecule has 174 valence electrons. The van der Waals surface area contributed by atoms with E-state index in [0.717, 1.165) is 66.1 Å². The number of imide groups is 1. The molecular formula is C23H24N2O6S2. The van der Waals surface area contributed by atoms with Crippen molar-refractivity contribution in [1.29, 1.82) is 0 Å². The molecule has 10 heteroatoms. The van der Waals surface area contributed by atoms with E-state index in [4.69, 9.17) is 4.74 Å². The van der Waals surface area contributed by atoms with Crippen LogP contribution in [0.15, 0.2) is 29.2 Å². The van der Waals surface area contributed by atoms with E-state index in [9.17, 15) is 23.1 Å². The Labute approximate surface area is 196 Å². The third kappa shape index (κ3) is 4.47. The van der Waals surface area contributed by atoms with Gasteiger partial charge in [0, 0.05) is 12.1 Å². The van der Waals surface area contributed by atoms with E-state index in [-0.39, 0.29) is 27.8 Å². The summed E-state index contributed by atoms with van der Waals surface area (Å²) in [5.74, 6) is 0.419. The molecule has 1 atom stereocenters. The van der Waals surface area contributed by atoms with Gasteiger partial charge < -0.3 is 9.84 Å². The zero-order chi connectivity index (χ0) is 23.3. The molecule has 3 N–H and O–H groups in total. The molecule has 2 amide bonds. The maximum atomic E-state index is 12.6. The fourth-order valence-corrected chi connectivity index (χ4v) is 6.69. The molecule has 0 radical (unpaired) electrons. The van der Waals surface area contributed by atoms with E-state index in [1.54, 1.807) is 6.07 Å². The van der Waals surface area contributed by atoms with Crippen molar-refractivity contribution < 1.29 is 27.9 Å². The Bertz CT molecular complexity index is 1270. The number of amides is 2. The fourth-order valence-electron chi connectivity index (χ4n) is 4.43. The fraction of sp³-hybridized carbons (Fsp3) is 0.391. The van der Waals surface area contributed by atoms with Crippen LogP contribution in [0, 0.1) is 6.92 Å². The Morgan fingerprint density at radius 1 is 1.18 bits per heavy atom. The van der Waals surface area contributed by atoms with E-state index in [1.165, 1.54) is 12.1 Å². The van der Waals surface area contributed by atoms with E-state index in [0.29, 0.717) is 17.9 Å². The number of carbonyl (C=O) groups excluding carboxylic acids is 2. The van der Waals surface area contributed by atoms with Crippen LogP contribution in [0.3, 0.4) is 0 Å². The van der Waals surface area contributed by atoms with Crippen LogP contribution in [0.5, 0.6) is 17.2 Å². The van der Waals surface area contributed by atoms with E-state index < -0.39 is 15.3 Å². The van der Waals surface area contributed by atoms with E-state index >= 15 is 0 Å². The molecule has 3 aliphatic rings. The number of phenols is 1. The highest BCUT2D eigenvalue weighted by atomic mass is 32.2. The number of rotatable bonds is 7. The number of aromatic hydroxyl groups is 1. The summed E-state index contributed by atoms with van der Waals surface area (Å²) >= 11 is 1.02. The first-order valence-electron chi connectivity index (χ1n) is 10.9. The molecule has 2 aromatic rings. The van der Waals surface area contributed by atoms with E-state index in [2.05, 4.69) is 10.0 Å². The Kier molecular flexibility index (Phi) is 5.62. The van der Waals surface area contributed by atoms with E-state index in [1.807, 2.05) is 13.0 Å². The van der Waals surface area contributed by atoms with Crippen molar-refractivity contribution in [2.75, 3.05) is 0 Å². The number of sulfonamides is 1. The first-order chi connectivity index (χ1) is 15.7. The highest BCUT2D eigenvalue weighted by Gasteiger charge is 2.34. The molecule has 1 aliphatic heterocycles. The topological polar surface area (TPSA) is 122 Å². The summed E-state index contributed by atoms with van der Waals surface area (Å²) in [7, 11) is -3.84. The minimum atomic E-state index is -3.84. The van der Waals surface area contributed by atoms with Gasteiger partial charge in [0.2, 0.25) is 15.9 Å². The first-order valence-corrected chi connectivity index (χ1v) is 13.3. The third-order valence-electron chi connectivity index (χ3n) is 6.14. The predicted molar refractivity (Wildman–Crippen MR) is 123 cm³/mol. The van der Waals surface area contributed by atoms with Gasteiger partial charge in [0.1, 0.15) is 22.1 Å². The molecule has 1 saturated carbocycles. The Morgan fingerprint density at radius 2 is 1.94 bits per heavy atom. The first kappa shape index (κ1) is 22.2.